The maximum Gasteiger partial charge on any atom is 0.246 e. The number of benzene rings is 3. The molecule has 6 nitrogen and oxygen atoms in total. The first kappa shape index (κ1) is 21.7. The van der Waals surface area contributed by atoms with Gasteiger partial charge in [0.1, 0.15) is 10.6 Å². The number of hydrogen-bond acceptors (Lipinski definition) is 4. The van der Waals surface area contributed by atoms with Gasteiger partial charge >= 0.3 is 0 Å². The molecule has 33 heavy (non-hydrogen) atoms. The lowest BCUT2D eigenvalue weighted by Gasteiger charge is -2.35. The molecule has 0 bridgehead atoms. The van der Waals surface area contributed by atoms with Crippen LogP contribution in [0, 0.1) is 0 Å². The van der Waals surface area contributed by atoms with Crippen LogP contribution in [0.3, 0.4) is 0 Å². The topological polar surface area (TPSA) is 58.4 Å². The number of piperazine rings is 1. The first-order valence-electron chi connectivity index (χ1n) is 10.7. The summed E-state index contributed by atoms with van der Waals surface area (Å²) in [5.74, 6) is 0. The van der Waals surface area contributed by atoms with E-state index in [2.05, 4.69) is 10.00 Å². The highest BCUT2D eigenvalue weighted by molar-refractivity contribution is 7.89. The van der Waals surface area contributed by atoms with Crippen LogP contribution in [0.5, 0.6) is 0 Å². The van der Waals surface area contributed by atoms with E-state index in [-0.39, 0.29) is 4.90 Å². The van der Waals surface area contributed by atoms with Crippen LogP contribution in [0.2, 0.25) is 5.02 Å². The zero-order valence-corrected chi connectivity index (χ0v) is 19.5. The largest absolute Gasteiger partial charge is 0.368 e. The number of hydrogen-bond donors (Lipinski definition) is 0. The van der Waals surface area contributed by atoms with Gasteiger partial charge in [-0.1, -0.05) is 72.3 Å². The van der Waals surface area contributed by atoms with Gasteiger partial charge in [-0.25, -0.2) is 13.1 Å². The first-order valence-corrected chi connectivity index (χ1v) is 12.6. The van der Waals surface area contributed by atoms with E-state index in [4.69, 9.17) is 11.6 Å². The predicted molar refractivity (Wildman–Crippen MR) is 131 cm³/mol. The van der Waals surface area contributed by atoms with Crippen molar-refractivity contribution in [2.45, 2.75) is 4.90 Å². The Morgan fingerprint density at radius 3 is 2.03 bits per heavy atom. The van der Waals surface area contributed by atoms with E-state index in [0.717, 1.165) is 16.9 Å². The van der Waals surface area contributed by atoms with Gasteiger partial charge in [-0.3, -0.25) is 0 Å². The fourth-order valence-electron chi connectivity index (χ4n) is 4.07. The number of nitrogens with zero attached hydrogens (tertiary/aromatic N) is 4. The smallest absolute Gasteiger partial charge is 0.246 e. The molecule has 3 aromatic carbocycles. The average Bonchev–Trinajstić information content (AvgIpc) is 3.32. The Hall–Kier alpha value is -3.13. The quantitative estimate of drug-likeness (QED) is 0.417. The summed E-state index contributed by atoms with van der Waals surface area (Å²) in [6, 6.07) is 26.6. The van der Waals surface area contributed by atoms with Crippen molar-refractivity contribution in [3.8, 4) is 16.9 Å². The van der Waals surface area contributed by atoms with Crippen molar-refractivity contribution in [1.29, 1.82) is 0 Å². The minimum Gasteiger partial charge on any atom is -0.368 e. The van der Waals surface area contributed by atoms with Crippen molar-refractivity contribution in [2.24, 2.45) is 0 Å². The predicted octanol–water partition coefficient (Wildman–Crippen LogP) is 4.70. The third-order valence-electron chi connectivity index (χ3n) is 5.80. The molecule has 1 fully saturated rings. The molecule has 0 unspecified atom stereocenters. The van der Waals surface area contributed by atoms with Crippen LogP contribution in [-0.4, -0.2) is 48.7 Å². The molecule has 2 heterocycles. The van der Waals surface area contributed by atoms with Gasteiger partial charge in [-0.2, -0.15) is 9.40 Å². The highest BCUT2D eigenvalue weighted by Gasteiger charge is 2.33. The molecule has 0 atom stereocenters. The lowest BCUT2D eigenvalue weighted by Crippen LogP contribution is -2.48. The van der Waals surface area contributed by atoms with Crippen LogP contribution in [0.15, 0.2) is 96.0 Å². The van der Waals surface area contributed by atoms with E-state index in [0.29, 0.717) is 36.9 Å². The Balaban J connectivity index is 1.48. The van der Waals surface area contributed by atoms with Crippen LogP contribution < -0.4 is 4.90 Å². The summed E-state index contributed by atoms with van der Waals surface area (Å²) in [6.07, 6.45) is 1.62. The van der Waals surface area contributed by atoms with Gasteiger partial charge < -0.3 is 4.90 Å². The van der Waals surface area contributed by atoms with E-state index in [1.54, 1.807) is 15.2 Å². The molecule has 1 aliphatic heterocycles. The highest BCUT2D eigenvalue weighted by Crippen LogP contribution is 2.31. The number of para-hydroxylation sites is 2. The lowest BCUT2D eigenvalue weighted by molar-refractivity contribution is 0.385. The maximum absolute atomic E-state index is 13.8. The van der Waals surface area contributed by atoms with Gasteiger partial charge in [0.05, 0.1) is 22.6 Å². The average molecular weight is 479 g/mol. The zero-order valence-electron chi connectivity index (χ0n) is 17.9. The van der Waals surface area contributed by atoms with Gasteiger partial charge in [-0.05, 0) is 24.3 Å². The van der Waals surface area contributed by atoms with Gasteiger partial charge in [-0.15, -0.1) is 0 Å². The van der Waals surface area contributed by atoms with Crippen molar-refractivity contribution in [3.05, 3.63) is 96.1 Å². The second kappa shape index (κ2) is 9.02. The van der Waals surface area contributed by atoms with Crippen molar-refractivity contribution in [1.82, 2.24) is 14.1 Å². The summed E-state index contributed by atoms with van der Waals surface area (Å²) >= 11 is 6.34. The maximum atomic E-state index is 13.8. The molecule has 0 radical (unpaired) electrons. The van der Waals surface area contributed by atoms with E-state index < -0.39 is 10.0 Å². The third kappa shape index (κ3) is 4.27. The number of anilines is 1. The van der Waals surface area contributed by atoms with Crippen LogP contribution in [-0.2, 0) is 10.0 Å². The van der Waals surface area contributed by atoms with Crippen LogP contribution in [0.1, 0.15) is 0 Å². The highest BCUT2D eigenvalue weighted by atomic mass is 35.5. The Kier molecular flexibility index (Phi) is 5.93. The van der Waals surface area contributed by atoms with Gasteiger partial charge in [0.2, 0.25) is 10.0 Å². The van der Waals surface area contributed by atoms with Crippen LogP contribution in [0.4, 0.5) is 5.69 Å². The second-order valence-electron chi connectivity index (χ2n) is 7.83. The van der Waals surface area contributed by atoms with Crippen molar-refractivity contribution in [3.63, 3.8) is 0 Å². The Bertz CT molecular complexity index is 1350. The summed E-state index contributed by atoms with van der Waals surface area (Å²) in [5, 5.41) is 5.34. The van der Waals surface area contributed by atoms with E-state index in [1.807, 2.05) is 84.9 Å². The molecule has 0 spiro atoms. The van der Waals surface area contributed by atoms with Crippen LogP contribution in [0.25, 0.3) is 16.9 Å². The standard InChI is InChI=1S/C25H23ClN4O2S/c26-22-13-7-8-14-23(22)28-15-17-29(18-16-28)33(31,32)24-19-30(21-11-5-2-6-12-21)27-25(24)20-9-3-1-4-10-20/h1-14,19H,15-18H2. The minimum absolute atomic E-state index is 0.212. The summed E-state index contributed by atoms with van der Waals surface area (Å²) in [7, 11) is -3.75. The number of rotatable bonds is 5. The molecule has 0 aliphatic carbocycles. The summed E-state index contributed by atoms with van der Waals surface area (Å²) in [5.41, 5.74) is 2.95. The SMILES string of the molecule is O=S(=O)(c1cn(-c2ccccc2)nc1-c1ccccc1)N1CCN(c2ccccc2Cl)CC1. The van der Waals surface area contributed by atoms with Crippen molar-refractivity contribution < 1.29 is 8.42 Å². The fraction of sp³-hybridized carbons (Fsp3) is 0.160. The summed E-state index contributed by atoms with van der Waals surface area (Å²) in [4.78, 5) is 2.34. The molecule has 1 saturated heterocycles. The summed E-state index contributed by atoms with van der Waals surface area (Å²) < 4.78 is 30.7. The van der Waals surface area contributed by atoms with Gasteiger partial charge in [0.25, 0.3) is 0 Å². The molecule has 8 heteroatoms. The molecule has 0 saturated carbocycles. The number of halogens is 1. The first-order chi connectivity index (χ1) is 16.0. The third-order valence-corrected chi connectivity index (χ3v) is 8.02. The zero-order chi connectivity index (χ0) is 22.8. The summed E-state index contributed by atoms with van der Waals surface area (Å²) in [6.45, 7) is 1.88. The normalized spacial score (nSPS) is 15.0. The lowest BCUT2D eigenvalue weighted by atomic mass is 10.2. The van der Waals surface area contributed by atoms with E-state index in [9.17, 15) is 8.42 Å². The molecule has 1 aliphatic rings. The van der Waals surface area contributed by atoms with Crippen molar-refractivity contribution >= 4 is 27.3 Å². The van der Waals surface area contributed by atoms with E-state index >= 15 is 0 Å². The monoisotopic (exact) mass is 478 g/mol. The second-order valence-corrected chi connectivity index (χ2v) is 10.1. The molecule has 5 rings (SSSR count). The Labute approximate surface area is 198 Å². The molecule has 0 amide bonds. The molecule has 168 valence electrons. The fourth-order valence-corrected chi connectivity index (χ4v) is 5.89. The molecular weight excluding hydrogens is 456 g/mol. The number of aromatic nitrogens is 2. The van der Waals surface area contributed by atoms with Gasteiger partial charge in [0.15, 0.2) is 0 Å². The molecule has 0 N–H and O–H groups in total. The van der Waals surface area contributed by atoms with Gasteiger partial charge in [0, 0.05) is 31.7 Å². The molecule has 1 aromatic heterocycles. The minimum atomic E-state index is -3.75. The molecular formula is C25H23ClN4O2S. The Morgan fingerprint density at radius 1 is 0.758 bits per heavy atom. The van der Waals surface area contributed by atoms with Crippen LogP contribution >= 0.6 is 11.6 Å². The Morgan fingerprint density at radius 2 is 1.36 bits per heavy atom. The number of sulfonamides is 1. The van der Waals surface area contributed by atoms with E-state index in [1.165, 1.54) is 0 Å². The van der Waals surface area contributed by atoms with Crippen molar-refractivity contribution in [2.75, 3.05) is 31.1 Å². The molecule has 4 aromatic rings.